The maximum absolute atomic E-state index is 11.6. The average Bonchev–Trinajstić information content (AvgIpc) is 3.28. The van der Waals surface area contributed by atoms with Crippen LogP contribution in [0, 0.1) is 16.7 Å². The van der Waals surface area contributed by atoms with Crippen LogP contribution in [0.4, 0.5) is 0 Å². The fourth-order valence-corrected chi connectivity index (χ4v) is 9.90. The number of aliphatic hydroxyl groups excluding tert-OH is 5. The first-order valence-electron chi connectivity index (χ1n) is 28.0. The number of aliphatic hydroxyl groups is 5. The quantitative estimate of drug-likeness (QED) is 0.0308. The number of thiocarbonyl (C=S) groups is 1. The van der Waals surface area contributed by atoms with Gasteiger partial charge in [0.2, 0.25) is 0 Å². The molecular weight excluding hydrogens is 785 g/mol. The van der Waals surface area contributed by atoms with E-state index in [1.165, 1.54) is 270 Å². The molecule has 0 aliphatic heterocycles. The molecule has 0 radical (unpaired) electrons. The minimum atomic E-state index is -1.11. The topological polar surface area (TPSA) is 101 Å². The Hall–Kier alpha value is -0.270. The lowest BCUT2D eigenvalue weighted by atomic mass is 9.65. The molecule has 5 N–H and O–H groups in total. The van der Waals surface area contributed by atoms with Crippen LogP contribution in [0.15, 0.2) is 0 Å². The van der Waals surface area contributed by atoms with Crippen molar-refractivity contribution in [1.29, 1.82) is 0 Å². The molecule has 0 saturated heterocycles. The van der Waals surface area contributed by atoms with Gasteiger partial charge in [-0.1, -0.05) is 285 Å². The van der Waals surface area contributed by atoms with Crippen molar-refractivity contribution in [2.75, 3.05) is 26.4 Å². The van der Waals surface area contributed by atoms with E-state index >= 15 is 0 Å². The molecule has 0 atom stereocenters. The molecular formula is C56H114O5S. The minimum absolute atomic E-state index is 0.131. The van der Waals surface area contributed by atoms with Crippen LogP contribution in [0.5, 0.6) is 0 Å². The van der Waals surface area contributed by atoms with Gasteiger partial charge >= 0.3 is 0 Å². The van der Waals surface area contributed by atoms with Gasteiger partial charge in [0.1, 0.15) is 0 Å². The Kier molecular flexibility index (Phi) is 51.6. The third kappa shape index (κ3) is 37.9. The first-order chi connectivity index (χ1) is 30.3. The fraction of sp³-hybridized carbons (Fsp3) is 0.982. The molecule has 374 valence electrons. The van der Waals surface area contributed by atoms with Crippen molar-refractivity contribution < 1.29 is 25.5 Å². The first-order valence-corrected chi connectivity index (χ1v) is 28.4. The van der Waals surface area contributed by atoms with Crippen LogP contribution >= 0.6 is 12.2 Å². The Bertz CT molecular complexity index is 798. The van der Waals surface area contributed by atoms with Crippen molar-refractivity contribution in [2.45, 2.75) is 310 Å². The highest BCUT2D eigenvalue weighted by molar-refractivity contribution is 7.80. The zero-order valence-corrected chi connectivity index (χ0v) is 43.5. The third-order valence-electron chi connectivity index (χ3n) is 14.3. The van der Waals surface area contributed by atoms with Gasteiger partial charge in [0, 0.05) is 5.41 Å². The van der Waals surface area contributed by atoms with E-state index in [1.54, 1.807) is 0 Å². The molecule has 0 rings (SSSR count). The molecule has 0 heterocycles. The molecule has 0 amide bonds. The van der Waals surface area contributed by atoms with Gasteiger partial charge in [-0.15, -0.1) is 0 Å². The van der Waals surface area contributed by atoms with E-state index < -0.39 is 31.8 Å². The third-order valence-corrected chi connectivity index (χ3v) is 14.7. The summed E-state index contributed by atoms with van der Waals surface area (Å²) < 4.78 is 0. The normalized spacial score (nSPS) is 12.0. The summed E-state index contributed by atoms with van der Waals surface area (Å²) >= 11 is 5.96. The van der Waals surface area contributed by atoms with E-state index in [0.717, 1.165) is 12.8 Å². The summed E-state index contributed by atoms with van der Waals surface area (Å²) in [4.78, 5) is 0. The molecule has 0 fully saturated rings. The van der Waals surface area contributed by atoms with E-state index in [1.807, 2.05) is 0 Å². The molecule has 5 nitrogen and oxygen atoms in total. The molecule has 0 saturated carbocycles. The zero-order valence-electron chi connectivity index (χ0n) is 42.7. The molecule has 0 aromatic heterocycles. The van der Waals surface area contributed by atoms with Gasteiger partial charge in [0.25, 0.3) is 0 Å². The highest BCUT2D eigenvalue weighted by Gasteiger charge is 2.41. The standard InChI is InChI=1S/C51H102OS.C5H12O4/c1-5-9-13-17-21-25-29-33-37-41-45-49(46-42-38-34-30-26-22-18-14-10-6-2)51(50(52)53,47-43-39-35-31-27-23-19-15-11-7-3)48-44-40-36-32-28-24-20-16-12-8-4;6-1-5(2-7,3-8)4-9/h49H,5-48H2,1-4H3,(H,52,53);6-9H,1-4H2. The fourth-order valence-electron chi connectivity index (χ4n) is 9.53. The minimum Gasteiger partial charge on any atom is -0.502 e. The lowest BCUT2D eigenvalue weighted by molar-refractivity contribution is -0.0328. The Morgan fingerprint density at radius 1 is 0.323 bits per heavy atom. The van der Waals surface area contributed by atoms with Gasteiger partial charge in [0.05, 0.1) is 31.8 Å². The highest BCUT2D eigenvalue weighted by atomic mass is 32.1. The largest absolute Gasteiger partial charge is 0.502 e. The summed E-state index contributed by atoms with van der Waals surface area (Å²) in [6, 6.07) is 0. The predicted octanol–water partition coefficient (Wildman–Crippen LogP) is 17.7. The maximum atomic E-state index is 11.6. The van der Waals surface area contributed by atoms with Gasteiger partial charge in [-0.2, -0.15) is 0 Å². The number of rotatable bonds is 50. The van der Waals surface area contributed by atoms with Crippen molar-refractivity contribution in [2.24, 2.45) is 16.7 Å². The summed E-state index contributed by atoms with van der Waals surface area (Å²) in [7, 11) is 0. The van der Waals surface area contributed by atoms with E-state index in [9.17, 15) is 5.11 Å². The van der Waals surface area contributed by atoms with Crippen molar-refractivity contribution in [3.63, 3.8) is 0 Å². The van der Waals surface area contributed by atoms with Gasteiger partial charge < -0.3 is 25.5 Å². The van der Waals surface area contributed by atoms with Gasteiger partial charge in [-0.05, 0) is 43.8 Å². The van der Waals surface area contributed by atoms with Crippen LogP contribution in [0.25, 0.3) is 0 Å². The molecule has 6 heteroatoms. The second kappa shape index (κ2) is 50.1. The highest BCUT2D eigenvalue weighted by Crippen LogP contribution is 2.45. The molecule has 0 bridgehead atoms. The Balaban J connectivity index is 0. The van der Waals surface area contributed by atoms with Crippen molar-refractivity contribution in [3.05, 3.63) is 0 Å². The molecule has 0 aromatic rings. The van der Waals surface area contributed by atoms with Crippen LogP contribution in [-0.4, -0.2) is 57.0 Å². The lowest BCUT2D eigenvalue weighted by Crippen LogP contribution is -2.38. The smallest absolute Gasteiger partial charge is 0.163 e. The number of hydrogen-bond acceptors (Lipinski definition) is 5. The van der Waals surface area contributed by atoms with E-state index in [0.29, 0.717) is 11.0 Å². The van der Waals surface area contributed by atoms with Crippen molar-refractivity contribution in [3.8, 4) is 0 Å². The monoisotopic (exact) mass is 899 g/mol. The summed E-state index contributed by atoms with van der Waals surface area (Å²) in [5.74, 6) is 0.570. The zero-order chi connectivity index (χ0) is 46.1. The molecule has 0 aliphatic rings. The average molecular weight is 900 g/mol. The van der Waals surface area contributed by atoms with Crippen molar-refractivity contribution >= 4 is 17.3 Å². The predicted molar refractivity (Wildman–Crippen MR) is 278 cm³/mol. The van der Waals surface area contributed by atoms with Gasteiger partial charge in [0.15, 0.2) is 5.05 Å². The first kappa shape index (κ1) is 63.8. The van der Waals surface area contributed by atoms with Crippen molar-refractivity contribution in [1.82, 2.24) is 0 Å². The van der Waals surface area contributed by atoms with Crippen LogP contribution < -0.4 is 0 Å². The maximum Gasteiger partial charge on any atom is 0.163 e. The lowest BCUT2D eigenvalue weighted by Gasteiger charge is -2.40. The summed E-state index contributed by atoms with van der Waals surface area (Å²) in [6.07, 6.45) is 60.3. The second-order valence-corrected chi connectivity index (χ2v) is 20.5. The van der Waals surface area contributed by atoms with Crippen LogP contribution in [-0.2, 0) is 0 Å². The van der Waals surface area contributed by atoms with Crippen LogP contribution in [0.2, 0.25) is 0 Å². The van der Waals surface area contributed by atoms with E-state index in [2.05, 4.69) is 27.7 Å². The van der Waals surface area contributed by atoms with E-state index in [4.69, 9.17) is 32.6 Å². The van der Waals surface area contributed by atoms with Crippen LogP contribution in [0.1, 0.15) is 310 Å². The Morgan fingerprint density at radius 2 is 0.516 bits per heavy atom. The molecule has 0 unspecified atom stereocenters. The van der Waals surface area contributed by atoms with E-state index in [-0.39, 0.29) is 5.41 Å². The molecule has 62 heavy (non-hydrogen) atoms. The Labute approximate surface area is 394 Å². The van der Waals surface area contributed by atoms with Gasteiger partial charge in [-0.3, -0.25) is 0 Å². The molecule has 0 aromatic carbocycles. The summed E-state index contributed by atoms with van der Waals surface area (Å²) in [5, 5.41) is 46.0. The molecule has 0 aliphatic carbocycles. The second-order valence-electron chi connectivity index (χ2n) is 20.1. The summed E-state index contributed by atoms with van der Waals surface area (Å²) in [6.45, 7) is 7.63. The Morgan fingerprint density at radius 3 is 0.694 bits per heavy atom. The number of hydrogen-bond donors (Lipinski definition) is 5. The summed E-state index contributed by atoms with van der Waals surface area (Å²) in [5.41, 5.74) is -1.24. The molecule has 0 spiro atoms. The van der Waals surface area contributed by atoms with Crippen LogP contribution in [0.3, 0.4) is 0 Å². The SMILES string of the molecule is CCCCCCCCCCCCC(CCCCCCCCCCCC)C(CCCCCCCCCCCC)(CCCCCCCCCCCC)C(O)=S.OCC(CO)(CO)CO. The number of unbranched alkanes of at least 4 members (excludes halogenated alkanes) is 36. The van der Waals surface area contributed by atoms with Gasteiger partial charge in [-0.25, -0.2) is 0 Å².